The van der Waals surface area contributed by atoms with E-state index in [9.17, 15) is 4.79 Å². The van der Waals surface area contributed by atoms with E-state index < -0.39 is 6.16 Å². The molecule has 0 N–H and O–H groups in total. The molecule has 0 aromatic carbocycles. The zero-order chi connectivity index (χ0) is 10.6. The third-order valence-corrected chi connectivity index (χ3v) is 1.37. The third kappa shape index (κ3) is 2.72. The van der Waals surface area contributed by atoms with Gasteiger partial charge in [-0.05, 0) is 6.92 Å². The Bertz CT molecular complexity index is 308. The molecule has 0 bridgehead atoms. The van der Waals surface area contributed by atoms with Crippen molar-refractivity contribution in [1.82, 2.24) is 10.1 Å². The molecule has 0 atom stereocenters. The van der Waals surface area contributed by atoms with Gasteiger partial charge < -0.3 is 9.47 Å². The summed E-state index contributed by atoms with van der Waals surface area (Å²) in [5.74, 6) is 0.614. The zero-order valence-electron chi connectivity index (χ0n) is 8.31. The summed E-state index contributed by atoms with van der Waals surface area (Å²) >= 11 is 0. The van der Waals surface area contributed by atoms with Gasteiger partial charge in [-0.2, -0.15) is 4.98 Å². The quantitative estimate of drug-likeness (QED) is 0.691. The van der Waals surface area contributed by atoms with Gasteiger partial charge in [0.05, 0.1) is 6.61 Å². The van der Waals surface area contributed by atoms with E-state index in [2.05, 4.69) is 24.1 Å². The van der Waals surface area contributed by atoms with Gasteiger partial charge in [0.15, 0.2) is 5.82 Å². The first-order valence-electron chi connectivity index (χ1n) is 4.31. The Morgan fingerprint density at radius 3 is 2.79 bits per heavy atom. The van der Waals surface area contributed by atoms with Crippen molar-refractivity contribution in [2.24, 2.45) is 0 Å². The van der Waals surface area contributed by atoms with Gasteiger partial charge in [-0.25, -0.2) is 4.79 Å². The Balaban J connectivity index is 2.55. The van der Waals surface area contributed by atoms with E-state index in [0.717, 1.165) is 0 Å². The van der Waals surface area contributed by atoms with Crippen LogP contribution in [0.5, 0.6) is 6.08 Å². The van der Waals surface area contributed by atoms with Crippen LogP contribution in [-0.4, -0.2) is 22.9 Å². The average molecular weight is 200 g/mol. The van der Waals surface area contributed by atoms with E-state index in [1.165, 1.54) is 0 Å². The highest BCUT2D eigenvalue weighted by atomic mass is 16.8. The van der Waals surface area contributed by atoms with Gasteiger partial charge in [0.2, 0.25) is 0 Å². The number of aromatic nitrogens is 2. The lowest BCUT2D eigenvalue weighted by atomic mass is 10.2. The van der Waals surface area contributed by atoms with Gasteiger partial charge in [-0.15, -0.1) is 0 Å². The molecule has 0 aliphatic rings. The molecule has 6 nitrogen and oxygen atoms in total. The minimum Gasteiger partial charge on any atom is -0.434 e. The monoisotopic (exact) mass is 200 g/mol. The van der Waals surface area contributed by atoms with E-state index in [1.54, 1.807) is 6.92 Å². The first kappa shape index (κ1) is 10.5. The number of nitrogens with zero attached hydrogens (tertiary/aromatic N) is 2. The molecule has 6 heteroatoms. The Hall–Kier alpha value is -1.59. The number of carbonyl (C=O) groups is 1. The lowest BCUT2D eigenvalue weighted by Gasteiger charge is -1.97. The van der Waals surface area contributed by atoms with Crippen LogP contribution in [0.3, 0.4) is 0 Å². The summed E-state index contributed by atoms with van der Waals surface area (Å²) in [4.78, 5) is 14.7. The number of carbonyl (C=O) groups excluding carboxylic acids is 1. The molecule has 0 fully saturated rings. The largest absolute Gasteiger partial charge is 0.517 e. The zero-order valence-corrected chi connectivity index (χ0v) is 8.31. The maximum Gasteiger partial charge on any atom is 0.517 e. The molecule has 0 unspecified atom stereocenters. The minimum absolute atomic E-state index is 0.123. The summed E-state index contributed by atoms with van der Waals surface area (Å²) in [6.45, 7) is 5.72. The molecule has 0 aliphatic heterocycles. The Labute approximate surface area is 81.2 Å². The van der Waals surface area contributed by atoms with Crippen LogP contribution in [0, 0.1) is 0 Å². The van der Waals surface area contributed by atoms with E-state index in [0.29, 0.717) is 5.82 Å². The van der Waals surface area contributed by atoms with Crippen LogP contribution < -0.4 is 4.74 Å². The van der Waals surface area contributed by atoms with Gasteiger partial charge in [0.1, 0.15) is 0 Å². The van der Waals surface area contributed by atoms with Crippen molar-refractivity contribution < 1.29 is 18.8 Å². The summed E-state index contributed by atoms with van der Waals surface area (Å²) in [6.07, 6.45) is -1.03. The smallest absolute Gasteiger partial charge is 0.434 e. The average Bonchev–Trinajstić information content (AvgIpc) is 2.53. The molecule has 0 aliphatic carbocycles. The van der Waals surface area contributed by atoms with Gasteiger partial charge in [0, 0.05) is 5.92 Å². The van der Waals surface area contributed by atoms with E-state index >= 15 is 0 Å². The Kier molecular flexibility index (Phi) is 3.44. The Morgan fingerprint density at radius 1 is 1.57 bits per heavy atom. The third-order valence-electron chi connectivity index (χ3n) is 1.37. The lowest BCUT2D eigenvalue weighted by Crippen LogP contribution is -2.10. The fourth-order valence-electron chi connectivity index (χ4n) is 0.715. The van der Waals surface area contributed by atoms with Gasteiger partial charge in [-0.1, -0.05) is 19.0 Å². The summed E-state index contributed by atoms with van der Waals surface area (Å²) in [5, 5.41) is 3.61. The van der Waals surface area contributed by atoms with E-state index in [4.69, 9.17) is 0 Å². The summed E-state index contributed by atoms with van der Waals surface area (Å²) < 4.78 is 13.8. The predicted molar refractivity (Wildman–Crippen MR) is 46.0 cm³/mol. The standard InChI is InChI=1S/C8H12N2O4/c1-4-12-8(11)13-7-9-6(5(2)3)10-14-7/h5H,4H2,1-3H3. The first-order valence-corrected chi connectivity index (χ1v) is 4.31. The van der Waals surface area contributed by atoms with Crippen molar-refractivity contribution in [2.75, 3.05) is 6.61 Å². The molecule has 1 aromatic heterocycles. The molecular formula is C8H12N2O4. The number of rotatable bonds is 3. The molecule has 1 aromatic rings. The summed E-state index contributed by atoms with van der Waals surface area (Å²) in [6, 6.07) is 0. The van der Waals surface area contributed by atoms with Crippen LogP contribution in [0.25, 0.3) is 0 Å². The molecule has 1 rings (SSSR count). The van der Waals surface area contributed by atoms with Gasteiger partial charge in [-0.3, -0.25) is 4.52 Å². The fraction of sp³-hybridized carbons (Fsp3) is 0.625. The summed E-state index contributed by atoms with van der Waals surface area (Å²) in [7, 11) is 0. The minimum atomic E-state index is -0.841. The molecule has 0 radical (unpaired) electrons. The Morgan fingerprint density at radius 2 is 2.29 bits per heavy atom. The molecule has 0 spiro atoms. The second-order valence-corrected chi connectivity index (χ2v) is 2.86. The molecule has 78 valence electrons. The van der Waals surface area contributed by atoms with E-state index in [-0.39, 0.29) is 18.6 Å². The van der Waals surface area contributed by atoms with Crippen molar-refractivity contribution >= 4 is 6.16 Å². The molecule has 0 saturated heterocycles. The van der Waals surface area contributed by atoms with Gasteiger partial charge in [0.25, 0.3) is 0 Å². The van der Waals surface area contributed by atoms with Crippen molar-refractivity contribution in [2.45, 2.75) is 26.7 Å². The van der Waals surface area contributed by atoms with Crippen molar-refractivity contribution in [3.63, 3.8) is 0 Å². The molecule has 1 heterocycles. The highest BCUT2D eigenvalue weighted by Crippen LogP contribution is 2.14. The van der Waals surface area contributed by atoms with Crippen LogP contribution >= 0.6 is 0 Å². The van der Waals surface area contributed by atoms with E-state index in [1.807, 2.05) is 13.8 Å². The summed E-state index contributed by atoms with van der Waals surface area (Å²) in [5.41, 5.74) is 0. The topological polar surface area (TPSA) is 74.5 Å². The van der Waals surface area contributed by atoms with Crippen molar-refractivity contribution in [3.05, 3.63) is 5.82 Å². The van der Waals surface area contributed by atoms with Crippen molar-refractivity contribution in [1.29, 1.82) is 0 Å². The fourth-order valence-corrected chi connectivity index (χ4v) is 0.715. The number of hydrogen-bond donors (Lipinski definition) is 0. The second-order valence-electron chi connectivity index (χ2n) is 2.86. The van der Waals surface area contributed by atoms with Crippen LogP contribution in [0.4, 0.5) is 4.79 Å². The van der Waals surface area contributed by atoms with Crippen LogP contribution in [0.1, 0.15) is 32.5 Å². The lowest BCUT2D eigenvalue weighted by molar-refractivity contribution is 0.0892. The SMILES string of the molecule is CCOC(=O)Oc1nc(C(C)C)no1. The molecule has 14 heavy (non-hydrogen) atoms. The first-order chi connectivity index (χ1) is 6.63. The predicted octanol–water partition coefficient (Wildman–Crippen LogP) is 1.73. The van der Waals surface area contributed by atoms with Crippen LogP contribution in [0.15, 0.2) is 4.52 Å². The molecular weight excluding hydrogens is 188 g/mol. The molecule has 0 amide bonds. The molecule has 0 saturated carbocycles. The van der Waals surface area contributed by atoms with Gasteiger partial charge >= 0.3 is 12.2 Å². The normalized spacial score (nSPS) is 10.3. The van der Waals surface area contributed by atoms with Crippen LogP contribution in [-0.2, 0) is 4.74 Å². The highest BCUT2D eigenvalue weighted by Gasteiger charge is 2.14. The van der Waals surface area contributed by atoms with Crippen molar-refractivity contribution in [3.8, 4) is 6.08 Å². The maximum absolute atomic E-state index is 10.8. The number of hydrogen-bond acceptors (Lipinski definition) is 6. The highest BCUT2D eigenvalue weighted by molar-refractivity contribution is 5.62. The van der Waals surface area contributed by atoms with Crippen LogP contribution in [0.2, 0.25) is 0 Å². The maximum atomic E-state index is 10.8. The number of ether oxygens (including phenoxy) is 2. The second kappa shape index (κ2) is 4.59.